The van der Waals surface area contributed by atoms with Gasteiger partial charge < -0.3 is 9.47 Å². The number of fused-ring (bicyclic) bond motifs is 3. The number of aromatic nitrogens is 4. The van der Waals surface area contributed by atoms with E-state index in [1.54, 1.807) is 7.05 Å². The predicted octanol–water partition coefficient (Wildman–Crippen LogP) is 2.60. The van der Waals surface area contributed by atoms with Crippen molar-refractivity contribution in [3.05, 3.63) is 92.6 Å². The third-order valence-electron chi connectivity index (χ3n) is 5.92. The molecule has 2 aromatic heterocycles. The van der Waals surface area contributed by atoms with E-state index in [2.05, 4.69) is 24.0 Å². The molecule has 0 fully saturated rings. The van der Waals surface area contributed by atoms with Gasteiger partial charge in [-0.05, 0) is 17.0 Å². The summed E-state index contributed by atoms with van der Waals surface area (Å²) in [6.07, 6.45) is 0. The summed E-state index contributed by atoms with van der Waals surface area (Å²) in [6.45, 7) is 4.68. The van der Waals surface area contributed by atoms with Gasteiger partial charge in [-0.25, -0.2) is 4.79 Å². The number of hydrogen-bond acceptors (Lipinski definition) is 4. The summed E-state index contributed by atoms with van der Waals surface area (Å²) in [5.74, 6) is 1.11. The van der Waals surface area contributed by atoms with E-state index in [1.807, 2.05) is 53.1 Å². The van der Waals surface area contributed by atoms with Crippen molar-refractivity contribution < 1.29 is 0 Å². The summed E-state index contributed by atoms with van der Waals surface area (Å²) in [6, 6.07) is 19.8. The van der Waals surface area contributed by atoms with Crippen molar-refractivity contribution in [2.75, 3.05) is 11.4 Å². The van der Waals surface area contributed by atoms with E-state index in [-0.39, 0.29) is 17.8 Å². The Morgan fingerprint density at radius 3 is 2.16 bits per heavy atom. The van der Waals surface area contributed by atoms with E-state index >= 15 is 0 Å². The first kappa shape index (κ1) is 19.4. The molecule has 0 aliphatic carbocycles. The first-order valence-electron chi connectivity index (χ1n) is 10.6. The molecule has 0 radical (unpaired) electrons. The second kappa shape index (κ2) is 7.58. The van der Waals surface area contributed by atoms with Crippen molar-refractivity contribution >= 4 is 17.1 Å². The van der Waals surface area contributed by atoms with Crippen LogP contribution in [0.25, 0.3) is 11.2 Å². The summed E-state index contributed by atoms with van der Waals surface area (Å²) in [5.41, 5.74) is 2.41. The molecule has 1 aliphatic heterocycles. The van der Waals surface area contributed by atoms with Crippen molar-refractivity contribution in [3.63, 3.8) is 0 Å². The number of aryl methyl sites for hydroxylation is 1. The van der Waals surface area contributed by atoms with E-state index in [1.165, 1.54) is 14.7 Å². The van der Waals surface area contributed by atoms with Gasteiger partial charge in [-0.1, -0.05) is 67.6 Å². The number of anilines is 1. The van der Waals surface area contributed by atoms with Crippen molar-refractivity contribution in [3.8, 4) is 0 Å². The molecule has 3 heterocycles. The Bertz CT molecular complexity index is 1350. The molecule has 7 heteroatoms. The first-order valence-corrected chi connectivity index (χ1v) is 10.6. The third-order valence-corrected chi connectivity index (χ3v) is 5.92. The van der Waals surface area contributed by atoms with Crippen LogP contribution in [-0.4, -0.2) is 25.2 Å². The first-order chi connectivity index (χ1) is 15.0. The summed E-state index contributed by atoms with van der Waals surface area (Å²) in [4.78, 5) is 33.5. The van der Waals surface area contributed by atoms with Gasteiger partial charge in [-0.3, -0.25) is 13.9 Å². The Balaban J connectivity index is 1.66. The van der Waals surface area contributed by atoms with Crippen LogP contribution in [0.1, 0.15) is 18.1 Å². The molecule has 0 bridgehead atoms. The van der Waals surface area contributed by atoms with Gasteiger partial charge in [-0.2, -0.15) is 4.98 Å². The molecule has 7 nitrogen and oxygen atoms in total. The fourth-order valence-electron chi connectivity index (χ4n) is 4.45. The van der Waals surface area contributed by atoms with Crippen molar-refractivity contribution in [1.82, 2.24) is 18.7 Å². The van der Waals surface area contributed by atoms with E-state index in [9.17, 15) is 9.59 Å². The zero-order valence-corrected chi connectivity index (χ0v) is 17.7. The lowest BCUT2D eigenvalue weighted by Gasteiger charge is -2.33. The molecule has 0 unspecified atom stereocenters. The molecule has 0 N–H and O–H groups in total. The minimum Gasteiger partial charge on any atom is -0.338 e. The lowest BCUT2D eigenvalue weighted by Crippen LogP contribution is -2.41. The molecule has 4 aromatic rings. The van der Waals surface area contributed by atoms with Crippen LogP contribution in [0.4, 0.5) is 5.95 Å². The molecular weight excluding hydrogens is 390 g/mol. The van der Waals surface area contributed by atoms with Gasteiger partial charge in [0.1, 0.15) is 0 Å². The SMILES string of the molecule is C[C@H]1CN(Cc2ccccc2)c2nc3c(c(=O)n(Cc4ccccc4)c(=O)n3C)n2C1. The zero-order valence-electron chi connectivity index (χ0n) is 17.7. The van der Waals surface area contributed by atoms with Crippen LogP contribution in [-0.2, 0) is 26.7 Å². The summed E-state index contributed by atoms with van der Waals surface area (Å²) in [7, 11) is 1.69. The maximum atomic E-state index is 13.5. The molecule has 2 aromatic carbocycles. The highest BCUT2D eigenvalue weighted by Gasteiger charge is 2.29. The van der Waals surface area contributed by atoms with Gasteiger partial charge in [0.15, 0.2) is 11.2 Å². The van der Waals surface area contributed by atoms with Gasteiger partial charge in [-0.15, -0.1) is 0 Å². The predicted molar refractivity (Wildman–Crippen MR) is 121 cm³/mol. The molecule has 31 heavy (non-hydrogen) atoms. The van der Waals surface area contributed by atoms with E-state index in [4.69, 9.17) is 4.98 Å². The van der Waals surface area contributed by atoms with Crippen molar-refractivity contribution in [2.45, 2.75) is 26.6 Å². The van der Waals surface area contributed by atoms with E-state index < -0.39 is 0 Å². The van der Waals surface area contributed by atoms with E-state index in [0.717, 1.165) is 18.1 Å². The second-order valence-electron chi connectivity index (χ2n) is 8.38. The molecule has 0 saturated heterocycles. The standard InChI is InChI=1S/C24H25N5O2/c1-17-13-27(15-18-9-5-3-6-10-18)23-25-21-20(28(23)14-17)22(30)29(24(31)26(21)2)16-19-11-7-4-8-12-19/h3-12,17H,13-16H2,1-2H3/t17-/m0/s1. The number of nitrogens with zero attached hydrogens (tertiary/aromatic N) is 5. The Hall–Kier alpha value is -3.61. The fourth-order valence-corrected chi connectivity index (χ4v) is 4.45. The molecule has 0 spiro atoms. The maximum absolute atomic E-state index is 13.5. The quantitative estimate of drug-likeness (QED) is 0.514. The molecular formula is C24H25N5O2. The van der Waals surface area contributed by atoms with Crippen LogP contribution in [0.15, 0.2) is 70.3 Å². The highest BCUT2D eigenvalue weighted by molar-refractivity contribution is 5.75. The topological polar surface area (TPSA) is 65.1 Å². The molecule has 0 amide bonds. The van der Waals surface area contributed by atoms with Crippen LogP contribution in [0.5, 0.6) is 0 Å². The Kier molecular flexibility index (Phi) is 4.73. The van der Waals surface area contributed by atoms with Gasteiger partial charge in [0.05, 0.1) is 6.54 Å². The Morgan fingerprint density at radius 1 is 0.903 bits per heavy atom. The Morgan fingerprint density at radius 2 is 1.52 bits per heavy atom. The highest BCUT2D eigenvalue weighted by atomic mass is 16.2. The smallest absolute Gasteiger partial charge is 0.332 e. The zero-order chi connectivity index (χ0) is 21.5. The number of imidazole rings is 1. The normalized spacial score (nSPS) is 15.9. The molecule has 5 rings (SSSR count). The molecule has 1 aliphatic rings. The lowest BCUT2D eigenvalue weighted by atomic mass is 10.1. The van der Waals surface area contributed by atoms with Crippen molar-refractivity contribution in [1.29, 1.82) is 0 Å². The second-order valence-corrected chi connectivity index (χ2v) is 8.38. The summed E-state index contributed by atoms with van der Waals surface area (Å²) >= 11 is 0. The van der Waals surface area contributed by atoms with Gasteiger partial charge in [0.2, 0.25) is 5.95 Å². The van der Waals surface area contributed by atoms with Crippen LogP contribution in [0, 0.1) is 5.92 Å². The summed E-state index contributed by atoms with van der Waals surface area (Å²) in [5, 5.41) is 0. The van der Waals surface area contributed by atoms with Crippen LogP contribution < -0.4 is 16.1 Å². The van der Waals surface area contributed by atoms with Gasteiger partial charge in [0, 0.05) is 26.7 Å². The third kappa shape index (κ3) is 3.36. The monoisotopic (exact) mass is 415 g/mol. The van der Waals surface area contributed by atoms with Crippen LogP contribution in [0.2, 0.25) is 0 Å². The van der Waals surface area contributed by atoms with Crippen LogP contribution in [0.3, 0.4) is 0 Å². The minimum atomic E-state index is -0.348. The number of rotatable bonds is 4. The maximum Gasteiger partial charge on any atom is 0.332 e. The summed E-state index contributed by atoms with van der Waals surface area (Å²) < 4.78 is 4.81. The molecule has 1 atom stereocenters. The average molecular weight is 415 g/mol. The lowest BCUT2D eigenvalue weighted by molar-refractivity contribution is 0.435. The number of benzene rings is 2. The highest BCUT2D eigenvalue weighted by Crippen LogP contribution is 2.28. The van der Waals surface area contributed by atoms with E-state index in [0.29, 0.717) is 30.2 Å². The molecule has 0 saturated carbocycles. The largest absolute Gasteiger partial charge is 0.338 e. The van der Waals surface area contributed by atoms with Gasteiger partial charge in [0.25, 0.3) is 5.56 Å². The van der Waals surface area contributed by atoms with Crippen LogP contribution >= 0.6 is 0 Å². The Labute approximate surface area is 179 Å². The number of hydrogen-bond donors (Lipinski definition) is 0. The van der Waals surface area contributed by atoms with Crippen molar-refractivity contribution in [2.24, 2.45) is 13.0 Å². The fraction of sp³-hybridized carbons (Fsp3) is 0.292. The van der Waals surface area contributed by atoms with Gasteiger partial charge >= 0.3 is 5.69 Å². The molecule has 158 valence electrons. The average Bonchev–Trinajstić information content (AvgIpc) is 3.16. The minimum absolute atomic E-state index is 0.242.